The average Bonchev–Trinajstić information content (AvgIpc) is 3.19. The van der Waals surface area contributed by atoms with Gasteiger partial charge in [-0.3, -0.25) is 0 Å². The smallest absolute Gasteiger partial charge is 0.123 e. The minimum Gasteiger partial charge on any atom is -0.507 e. The van der Waals surface area contributed by atoms with Gasteiger partial charge >= 0.3 is 0 Å². The number of nitrogens with zero attached hydrogens (tertiary/aromatic N) is 1. The van der Waals surface area contributed by atoms with E-state index in [2.05, 4.69) is 6.07 Å². The van der Waals surface area contributed by atoms with E-state index < -0.39 is 0 Å². The predicted octanol–water partition coefficient (Wildman–Crippen LogP) is 4.33. The molecule has 3 heteroatoms. The number of benzene rings is 2. The van der Waals surface area contributed by atoms with E-state index in [1.54, 1.807) is 17.8 Å². The standard InChI is InChI=1S/C16H15NOS/c17-10-9-16(7-8-16)11-19-15-6-5-14(18)12-3-1-2-4-13(12)15/h1-6,18H,7-9,11H2. The maximum atomic E-state index is 9.87. The van der Waals surface area contributed by atoms with Gasteiger partial charge in [0.1, 0.15) is 5.75 Å². The Morgan fingerprint density at radius 2 is 1.89 bits per heavy atom. The second-order valence-corrected chi connectivity index (χ2v) is 6.27. The third kappa shape index (κ3) is 2.41. The monoisotopic (exact) mass is 269 g/mol. The first-order valence-corrected chi connectivity index (χ1v) is 7.43. The van der Waals surface area contributed by atoms with E-state index in [0.717, 1.165) is 16.5 Å². The molecule has 0 saturated heterocycles. The van der Waals surface area contributed by atoms with Crippen molar-refractivity contribution in [2.24, 2.45) is 5.41 Å². The molecule has 1 N–H and O–H groups in total. The Hall–Kier alpha value is -1.66. The van der Waals surface area contributed by atoms with Gasteiger partial charge in [0, 0.05) is 22.5 Å². The Bertz CT molecular complexity index is 655. The molecule has 1 fully saturated rings. The lowest BCUT2D eigenvalue weighted by molar-refractivity contribution is 0.481. The molecule has 1 aliphatic rings. The first kappa shape index (κ1) is 12.4. The third-order valence-electron chi connectivity index (χ3n) is 3.81. The van der Waals surface area contributed by atoms with Gasteiger partial charge in [0.05, 0.1) is 6.07 Å². The highest BCUT2D eigenvalue weighted by Crippen LogP contribution is 2.52. The van der Waals surface area contributed by atoms with Crippen molar-refractivity contribution in [1.29, 1.82) is 5.26 Å². The van der Waals surface area contributed by atoms with Gasteiger partial charge in [-0.05, 0) is 35.8 Å². The zero-order chi connectivity index (χ0) is 13.3. The van der Waals surface area contributed by atoms with Crippen LogP contribution in [0.5, 0.6) is 5.75 Å². The summed E-state index contributed by atoms with van der Waals surface area (Å²) in [6.07, 6.45) is 3.00. The number of hydrogen-bond donors (Lipinski definition) is 1. The molecular formula is C16H15NOS. The van der Waals surface area contributed by atoms with Crippen molar-refractivity contribution < 1.29 is 5.11 Å². The Kier molecular flexibility index (Phi) is 3.12. The van der Waals surface area contributed by atoms with Crippen LogP contribution in [0.15, 0.2) is 41.3 Å². The zero-order valence-electron chi connectivity index (χ0n) is 10.6. The summed E-state index contributed by atoms with van der Waals surface area (Å²) < 4.78 is 0. The molecule has 3 rings (SSSR count). The molecule has 2 nitrogen and oxygen atoms in total. The first-order chi connectivity index (χ1) is 9.24. The first-order valence-electron chi connectivity index (χ1n) is 6.45. The van der Waals surface area contributed by atoms with Crippen LogP contribution in [0.1, 0.15) is 19.3 Å². The Balaban J connectivity index is 1.86. The fourth-order valence-electron chi connectivity index (χ4n) is 2.33. The molecule has 0 heterocycles. The largest absolute Gasteiger partial charge is 0.507 e. The van der Waals surface area contributed by atoms with E-state index in [9.17, 15) is 5.11 Å². The van der Waals surface area contributed by atoms with Crippen molar-refractivity contribution in [3.63, 3.8) is 0 Å². The summed E-state index contributed by atoms with van der Waals surface area (Å²) in [7, 11) is 0. The van der Waals surface area contributed by atoms with Crippen LogP contribution in [-0.2, 0) is 0 Å². The highest BCUT2D eigenvalue weighted by Gasteiger charge is 2.42. The highest BCUT2D eigenvalue weighted by atomic mass is 32.2. The number of fused-ring (bicyclic) bond motifs is 1. The molecule has 0 unspecified atom stereocenters. The summed E-state index contributed by atoms with van der Waals surface area (Å²) in [6.45, 7) is 0. The molecule has 0 aliphatic heterocycles. The maximum Gasteiger partial charge on any atom is 0.123 e. The van der Waals surface area contributed by atoms with Gasteiger partial charge < -0.3 is 5.11 Å². The lowest BCUT2D eigenvalue weighted by Crippen LogP contribution is -2.02. The number of phenols is 1. The number of nitriles is 1. The molecule has 96 valence electrons. The second kappa shape index (κ2) is 4.79. The van der Waals surface area contributed by atoms with Crippen molar-refractivity contribution in [2.45, 2.75) is 24.2 Å². The number of phenolic OH excluding ortho intramolecular Hbond substituents is 1. The molecule has 1 aliphatic carbocycles. The quantitative estimate of drug-likeness (QED) is 0.840. The minimum atomic E-state index is 0.248. The van der Waals surface area contributed by atoms with Crippen LogP contribution in [-0.4, -0.2) is 10.9 Å². The number of aromatic hydroxyl groups is 1. The normalized spacial score (nSPS) is 16.2. The highest BCUT2D eigenvalue weighted by molar-refractivity contribution is 7.99. The Morgan fingerprint density at radius 1 is 1.16 bits per heavy atom. The van der Waals surface area contributed by atoms with Crippen molar-refractivity contribution >= 4 is 22.5 Å². The van der Waals surface area contributed by atoms with E-state index in [1.165, 1.54) is 17.7 Å². The van der Waals surface area contributed by atoms with Crippen LogP contribution < -0.4 is 0 Å². The molecule has 2 aromatic carbocycles. The van der Waals surface area contributed by atoms with Crippen molar-refractivity contribution in [3.8, 4) is 11.8 Å². The molecule has 0 atom stereocenters. The van der Waals surface area contributed by atoms with E-state index in [1.807, 2.05) is 30.3 Å². The van der Waals surface area contributed by atoms with E-state index in [0.29, 0.717) is 12.2 Å². The summed E-state index contributed by atoms with van der Waals surface area (Å²) in [5, 5.41) is 20.7. The molecule has 2 aromatic rings. The van der Waals surface area contributed by atoms with Crippen molar-refractivity contribution in [1.82, 2.24) is 0 Å². The van der Waals surface area contributed by atoms with Gasteiger partial charge in [-0.25, -0.2) is 0 Å². The summed E-state index contributed by atoms with van der Waals surface area (Å²) in [5.41, 5.74) is 0.248. The SMILES string of the molecule is N#CCC1(CSc2ccc(O)c3ccccc23)CC1. The van der Waals surface area contributed by atoms with Gasteiger partial charge in [-0.1, -0.05) is 24.3 Å². The van der Waals surface area contributed by atoms with Gasteiger partial charge in [-0.2, -0.15) is 5.26 Å². The van der Waals surface area contributed by atoms with E-state index >= 15 is 0 Å². The molecule has 0 bridgehead atoms. The molecule has 0 spiro atoms. The maximum absolute atomic E-state index is 9.87. The van der Waals surface area contributed by atoms with E-state index in [4.69, 9.17) is 5.26 Å². The number of thioether (sulfide) groups is 1. The van der Waals surface area contributed by atoms with Crippen molar-refractivity contribution in [2.75, 3.05) is 5.75 Å². The number of rotatable bonds is 4. The van der Waals surface area contributed by atoms with Gasteiger partial charge in [0.15, 0.2) is 0 Å². The molecule has 0 radical (unpaired) electrons. The molecular weight excluding hydrogens is 254 g/mol. The Morgan fingerprint density at radius 3 is 2.58 bits per heavy atom. The lowest BCUT2D eigenvalue weighted by atomic mass is 10.1. The molecule has 1 saturated carbocycles. The topological polar surface area (TPSA) is 44.0 Å². The van der Waals surface area contributed by atoms with Crippen LogP contribution in [0.4, 0.5) is 0 Å². The van der Waals surface area contributed by atoms with E-state index in [-0.39, 0.29) is 5.41 Å². The second-order valence-electron chi connectivity index (χ2n) is 5.25. The Labute approximate surface area is 117 Å². The third-order valence-corrected chi connectivity index (χ3v) is 5.23. The van der Waals surface area contributed by atoms with Crippen LogP contribution >= 0.6 is 11.8 Å². The molecule has 19 heavy (non-hydrogen) atoms. The average molecular weight is 269 g/mol. The summed E-state index contributed by atoms with van der Waals surface area (Å²) in [5.74, 6) is 1.33. The fraction of sp³-hybridized carbons (Fsp3) is 0.312. The van der Waals surface area contributed by atoms with Gasteiger partial charge in [0.25, 0.3) is 0 Å². The predicted molar refractivity (Wildman–Crippen MR) is 78.2 cm³/mol. The van der Waals surface area contributed by atoms with Crippen molar-refractivity contribution in [3.05, 3.63) is 36.4 Å². The van der Waals surface area contributed by atoms with Gasteiger partial charge in [-0.15, -0.1) is 11.8 Å². The van der Waals surface area contributed by atoms with Crippen LogP contribution in [0.2, 0.25) is 0 Å². The van der Waals surface area contributed by atoms with Crippen LogP contribution in [0.3, 0.4) is 0 Å². The van der Waals surface area contributed by atoms with Crippen LogP contribution in [0.25, 0.3) is 10.8 Å². The molecule has 0 amide bonds. The summed E-state index contributed by atoms with van der Waals surface area (Å²) in [6, 6.07) is 14.0. The number of hydrogen-bond acceptors (Lipinski definition) is 3. The fourth-order valence-corrected chi connectivity index (χ4v) is 3.68. The van der Waals surface area contributed by atoms with Gasteiger partial charge in [0.2, 0.25) is 0 Å². The lowest BCUT2D eigenvalue weighted by Gasteiger charge is -2.12. The van der Waals surface area contributed by atoms with Crippen LogP contribution in [0, 0.1) is 16.7 Å². The minimum absolute atomic E-state index is 0.248. The summed E-state index contributed by atoms with van der Waals surface area (Å²) in [4.78, 5) is 1.19. The zero-order valence-corrected chi connectivity index (χ0v) is 11.4. The molecule has 0 aromatic heterocycles. The summed E-state index contributed by atoms with van der Waals surface area (Å²) >= 11 is 1.81.